The van der Waals surface area contributed by atoms with Crippen molar-refractivity contribution in [2.24, 2.45) is 5.92 Å². The van der Waals surface area contributed by atoms with Crippen LogP contribution in [-0.2, 0) is 22.4 Å². The van der Waals surface area contributed by atoms with Gasteiger partial charge in [-0.15, -0.1) is 11.3 Å². The van der Waals surface area contributed by atoms with Crippen molar-refractivity contribution in [1.82, 2.24) is 0 Å². The van der Waals surface area contributed by atoms with E-state index >= 15 is 0 Å². The minimum Gasteiger partial charge on any atom is -0.493 e. The number of ether oxygens (including phenoxy) is 2. The largest absolute Gasteiger partial charge is 0.493 e. The van der Waals surface area contributed by atoms with Crippen LogP contribution in [0.25, 0.3) is 0 Å². The quantitative estimate of drug-likeness (QED) is 0.355. The molecular formula is C24H30ClNO4S. The number of carbonyl (C=O) groups is 2. The van der Waals surface area contributed by atoms with Crippen LogP contribution < -0.4 is 10.1 Å². The molecule has 0 fully saturated rings. The average Bonchev–Trinajstić information content (AvgIpc) is 3.07. The standard InChI is InChI=1S/C24H30ClNO4S/c1-4-11-30-24(28)22-18-9-7-15(2)13-20(18)31-23(22)26-21(27)6-5-12-29-19-10-8-17(25)14-16(19)3/h8,10,14-15H,4-7,9,11-13H2,1-3H3,(H,26,27). The third-order valence-electron chi connectivity index (χ3n) is 5.35. The van der Waals surface area contributed by atoms with Crippen molar-refractivity contribution in [3.63, 3.8) is 0 Å². The van der Waals surface area contributed by atoms with E-state index in [-0.39, 0.29) is 11.9 Å². The zero-order chi connectivity index (χ0) is 22.4. The molecule has 1 aliphatic carbocycles. The van der Waals surface area contributed by atoms with E-state index in [1.165, 1.54) is 16.2 Å². The van der Waals surface area contributed by atoms with E-state index in [0.29, 0.717) is 47.6 Å². The van der Waals surface area contributed by atoms with E-state index in [1.54, 1.807) is 6.07 Å². The molecule has 0 saturated heterocycles. The summed E-state index contributed by atoms with van der Waals surface area (Å²) in [5.74, 6) is 0.909. The normalized spacial score (nSPS) is 15.3. The number of carbonyl (C=O) groups excluding carboxylic acids is 2. The third-order valence-corrected chi connectivity index (χ3v) is 6.75. The van der Waals surface area contributed by atoms with Gasteiger partial charge >= 0.3 is 5.97 Å². The van der Waals surface area contributed by atoms with E-state index in [4.69, 9.17) is 21.1 Å². The molecule has 0 aliphatic heterocycles. The number of hydrogen-bond donors (Lipinski definition) is 1. The summed E-state index contributed by atoms with van der Waals surface area (Å²) in [6, 6.07) is 5.47. The first kappa shape index (κ1) is 23.6. The van der Waals surface area contributed by atoms with Gasteiger partial charge in [-0.25, -0.2) is 4.79 Å². The molecule has 1 N–H and O–H groups in total. The Labute approximate surface area is 193 Å². The highest BCUT2D eigenvalue weighted by Gasteiger charge is 2.29. The molecule has 5 nitrogen and oxygen atoms in total. The van der Waals surface area contributed by atoms with Gasteiger partial charge in [0.25, 0.3) is 0 Å². The van der Waals surface area contributed by atoms with Gasteiger partial charge in [0, 0.05) is 16.3 Å². The number of fused-ring (bicyclic) bond motifs is 1. The molecule has 1 aromatic carbocycles. The smallest absolute Gasteiger partial charge is 0.341 e. The molecule has 31 heavy (non-hydrogen) atoms. The number of esters is 1. The van der Waals surface area contributed by atoms with Crippen LogP contribution in [-0.4, -0.2) is 25.1 Å². The average molecular weight is 464 g/mol. The Kier molecular flexibility index (Phi) is 8.38. The lowest BCUT2D eigenvalue weighted by Crippen LogP contribution is -2.17. The number of anilines is 1. The SMILES string of the molecule is CCCOC(=O)c1c(NC(=O)CCCOc2ccc(Cl)cc2C)sc2c1CCC(C)C2. The van der Waals surface area contributed by atoms with E-state index in [9.17, 15) is 9.59 Å². The molecule has 1 atom stereocenters. The summed E-state index contributed by atoms with van der Waals surface area (Å²) in [5, 5.41) is 4.26. The summed E-state index contributed by atoms with van der Waals surface area (Å²) < 4.78 is 11.2. The second-order valence-corrected chi connectivity index (χ2v) is 9.64. The van der Waals surface area contributed by atoms with Crippen LogP contribution in [0.2, 0.25) is 5.02 Å². The maximum atomic E-state index is 12.7. The maximum Gasteiger partial charge on any atom is 0.341 e. The molecule has 1 amide bonds. The molecule has 0 saturated carbocycles. The molecule has 168 valence electrons. The minimum atomic E-state index is -0.328. The van der Waals surface area contributed by atoms with Crippen molar-refractivity contribution in [1.29, 1.82) is 0 Å². The van der Waals surface area contributed by atoms with Crippen molar-refractivity contribution >= 4 is 39.8 Å². The topological polar surface area (TPSA) is 64.6 Å². The minimum absolute atomic E-state index is 0.118. The lowest BCUT2D eigenvalue weighted by Gasteiger charge is -2.18. The van der Waals surface area contributed by atoms with Gasteiger partial charge in [0.2, 0.25) is 5.91 Å². The molecule has 0 bridgehead atoms. The fourth-order valence-corrected chi connectivity index (χ4v) is 5.34. The first-order valence-corrected chi connectivity index (χ1v) is 12.1. The van der Waals surface area contributed by atoms with Crippen LogP contribution in [0.15, 0.2) is 18.2 Å². The summed E-state index contributed by atoms with van der Waals surface area (Å²) >= 11 is 7.48. The summed E-state index contributed by atoms with van der Waals surface area (Å²) in [6.45, 7) is 6.94. The maximum absolute atomic E-state index is 12.7. The number of hydrogen-bond acceptors (Lipinski definition) is 5. The van der Waals surface area contributed by atoms with E-state index in [0.717, 1.165) is 42.6 Å². The molecule has 0 spiro atoms. The summed E-state index contributed by atoms with van der Waals surface area (Å²) in [4.78, 5) is 26.5. The highest BCUT2D eigenvalue weighted by Crippen LogP contribution is 2.40. The Morgan fingerprint density at radius 2 is 2.10 bits per heavy atom. The Bertz CT molecular complexity index is 940. The summed E-state index contributed by atoms with van der Waals surface area (Å²) in [5.41, 5.74) is 2.58. The summed E-state index contributed by atoms with van der Waals surface area (Å²) in [7, 11) is 0. The van der Waals surface area contributed by atoms with Crippen molar-refractivity contribution in [2.45, 2.75) is 59.3 Å². The van der Waals surface area contributed by atoms with Gasteiger partial charge < -0.3 is 14.8 Å². The second kappa shape index (κ2) is 11.0. The molecule has 3 rings (SSSR count). The molecule has 1 unspecified atom stereocenters. The Hall–Kier alpha value is -2.05. The fraction of sp³-hybridized carbons (Fsp3) is 0.500. The van der Waals surface area contributed by atoms with E-state index in [2.05, 4.69) is 12.2 Å². The molecular weight excluding hydrogens is 434 g/mol. The molecule has 0 radical (unpaired) electrons. The van der Waals surface area contributed by atoms with Crippen LogP contribution >= 0.6 is 22.9 Å². The fourth-order valence-electron chi connectivity index (χ4n) is 3.70. The second-order valence-electron chi connectivity index (χ2n) is 8.10. The number of aryl methyl sites for hydroxylation is 1. The predicted octanol–water partition coefficient (Wildman–Crippen LogP) is 6.20. The van der Waals surface area contributed by atoms with Crippen LogP contribution in [0.4, 0.5) is 5.00 Å². The number of halogens is 1. The van der Waals surface area contributed by atoms with E-state index < -0.39 is 0 Å². The van der Waals surface area contributed by atoms with Crippen LogP contribution in [0.5, 0.6) is 5.75 Å². The molecule has 7 heteroatoms. The van der Waals surface area contributed by atoms with Gasteiger partial charge in [-0.1, -0.05) is 25.4 Å². The van der Waals surface area contributed by atoms with E-state index in [1.807, 2.05) is 26.0 Å². The van der Waals surface area contributed by atoms with Gasteiger partial charge in [-0.3, -0.25) is 4.79 Å². The number of amides is 1. The van der Waals surface area contributed by atoms with Gasteiger partial charge in [0.05, 0.1) is 18.8 Å². The number of thiophene rings is 1. The first-order chi connectivity index (χ1) is 14.9. The van der Waals surface area contributed by atoms with Crippen molar-refractivity contribution in [2.75, 3.05) is 18.5 Å². The number of rotatable bonds is 9. The third kappa shape index (κ3) is 6.23. The van der Waals surface area contributed by atoms with Crippen molar-refractivity contribution < 1.29 is 19.1 Å². The van der Waals surface area contributed by atoms with Crippen molar-refractivity contribution in [3.05, 3.63) is 44.8 Å². The highest BCUT2D eigenvalue weighted by atomic mass is 35.5. The molecule has 1 aromatic heterocycles. The zero-order valence-corrected chi connectivity index (χ0v) is 20.0. The Balaban J connectivity index is 1.60. The zero-order valence-electron chi connectivity index (χ0n) is 18.4. The molecule has 1 aliphatic rings. The molecule has 2 aromatic rings. The first-order valence-electron chi connectivity index (χ1n) is 10.9. The van der Waals surface area contributed by atoms with Crippen LogP contribution in [0, 0.1) is 12.8 Å². The molecule has 1 heterocycles. The monoisotopic (exact) mass is 463 g/mol. The van der Waals surface area contributed by atoms with Crippen LogP contribution in [0.3, 0.4) is 0 Å². The Morgan fingerprint density at radius 1 is 1.29 bits per heavy atom. The van der Waals surface area contributed by atoms with Crippen molar-refractivity contribution in [3.8, 4) is 5.75 Å². The highest BCUT2D eigenvalue weighted by molar-refractivity contribution is 7.17. The summed E-state index contributed by atoms with van der Waals surface area (Å²) in [6.07, 6.45) is 4.50. The van der Waals surface area contributed by atoms with Gasteiger partial charge in [0.1, 0.15) is 10.8 Å². The number of nitrogens with one attached hydrogen (secondary N) is 1. The Morgan fingerprint density at radius 3 is 2.84 bits per heavy atom. The lowest BCUT2D eigenvalue weighted by atomic mass is 9.88. The lowest BCUT2D eigenvalue weighted by molar-refractivity contribution is -0.116. The van der Waals surface area contributed by atoms with Gasteiger partial charge in [-0.05, 0) is 74.3 Å². The van der Waals surface area contributed by atoms with Gasteiger partial charge in [-0.2, -0.15) is 0 Å². The van der Waals surface area contributed by atoms with Crippen LogP contribution in [0.1, 0.15) is 65.9 Å². The number of benzene rings is 1. The van der Waals surface area contributed by atoms with Gasteiger partial charge in [0.15, 0.2) is 0 Å². The predicted molar refractivity (Wildman–Crippen MR) is 126 cm³/mol.